The molecule has 0 spiro atoms. The lowest BCUT2D eigenvalue weighted by Crippen LogP contribution is -2.45. The fourth-order valence-corrected chi connectivity index (χ4v) is 4.30. The van der Waals surface area contributed by atoms with Crippen molar-refractivity contribution in [1.29, 1.82) is 5.41 Å². The van der Waals surface area contributed by atoms with Crippen LogP contribution < -0.4 is 15.8 Å². The molecule has 8 nitrogen and oxygen atoms in total. The summed E-state index contributed by atoms with van der Waals surface area (Å²) < 4.78 is 43.8. The Balaban J connectivity index is 0.00000127. The van der Waals surface area contributed by atoms with Gasteiger partial charge in [-0.15, -0.1) is 0 Å². The third-order valence-corrected chi connectivity index (χ3v) is 6.88. The van der Waals surface area contributed by atoms with Crippen molar-refractivity contribution >= 4 is 17.3 Å². The summed E-state index contributed by atoms with van der Waals surface area (Å²) in [7, 11) is 0. The molecule has 1 unspecified atom stereocenters. The highest BCUT2D eigenvalue weighted by atomic mass is 19.4. The molecule has 5 rings (SSSR count). The number of piperidine rings is 1. The number of carbonyl (C=O) groups excluding carboxylic acids is 1. The van der Waals surface area contributed by atoms with Crippen molar-refractivity contribution in [2.24, 2.45) is 0 Å². The average Bonchev–Trinajstić information content (AvgIpc) is 3.87. The third kappa shape index (κ3) is 9.28. The highest BCUT2D eigenvalue weighted by Gasteiger charge is 2.39. The molecule has 11 heteroatoms. The summed E-state index contributed by atoms with van der Waals surface area (Å²) in [4.78, 5) is 18.4. The Kier molecular flexibility index (Phi) is 10.5. The number of likely N-dealkylation sites (tertiary alicyclic amines) is 1. The Morgan fingerprint density at radius 2 is 1.74 bits per heavy atom. The second-order valence-electron chi connectivity index (χ2n) is 10.4. The average molecular weight is 584 g/mol. The molecule has 2 aromatic carbocycles. The van der Waals surface area contributed by atoms with Crippen LogP contribution in [0.15, 0.2) is 66.9 Å². The first-order chi connectivity index (χ1) is 20.1. The molecule has 3 aromatic rings. The van der Waals surface area contributed by atoms with Gasteiger partial charge in [0.1, 0.15) is 11.9 Å². The summed E-state index contributed by atoms with van der Waals surface area (Å²) in [5, 5.41) is 20.7. The molecule has 1 saturated heterocycles. The van der Waals surface area contributed by atoms with E-state index in [0.29, 0.717) is 54.1 Å². The first-order valence-electron chi connectivity index (χ1n) is 14.0. The summed E-state index contributed by atoms with van der Waals surface area (Å²) in [5.41, 5.74) is 8.73. The molecule has 2 aliphatic rings. The van der Waals surface area contributed by atoms with Gasteiger partial charge in [-0.1, -0.05) is 25.3 Å². The van der Waals surface area contributed by atoms with Crippen molar-refractivity contribution in [3.05, 3.63) is 89.2 Å². The molecule has 0 bridgehead atoms. The Hall–Kier alpha value is -3.96. The second-order valence-corrected chi connectivity index (χ2v) is 10.4. The Labute approximate surface area is 243 Å². The van der Waals surface area contributed by atoms with E-state index in [0.717, 1.165) is 5.69 Å². The van der Waals surface area contributed by atoms with Crippen molar-refractivity contribution in [3.63, 3.8) is 0 Å². The van der Waals surface area contributed by atoms with Gasteiger partial charge >= 0.3 is 6.18 Å². The molecule has 5 N–H and O–H groups in total. The molecule has 0 radical (unpaired) electrons. The number of halogens is 3. The molecular weight excluding hydrogens is 547 g/mol. The normalized spacial score (nSPS) is 16.1. The van der Waals surface area contributed by atoms with Gasteiger partial charge in [-0.2, -0.15) is 13.2 Å². The summed E-state index contributed by atoms with van der Waals surface area (Å²) in [6.07, 6.45) is 0.0843. The molecule has 42 heavy (non-hydrogen) atoms. The van der Waals surface area contributed by atoms with E-state index >= 15 is 0 Å². The maximum absolute atomic E-state index is 12.7. The fraction of sp³-hybridized carbons (Fsp3) is 0.387. The molecule has 1 aromatic heterocycles. The number of ether oxygens (including phenoxy) is 1. The van der Waals surface area contributed by atoms with E-state index in [-0.39, 0.29) is 24.3 Å². The molecule has 2 fully saturated rings. The van der Waals surface area contributed by atoms with Gasteiger partial charge in [0.2, 0.25) is 0 Å². The van der Waals surface area contributed by atoms with Crippen LogP contribution >= 0.6 is 0 Å². The number of alkyl halides is 3. The number of aliphatic hydroxyl groups excluding tert-OH is 1. The number of nitrogens with zero attached hydrogens (tertiary/aromatic N) is 2. The van der Waals surface area contributed by atoms with Gasteiger partial charge in [-0.25, -0.2) is 0 Å². The zero-order valence-corrected chi connectivity index (χ0v) is 23.2. The number of aliphatic hydroxyl groups is 1. The standard InChI is InChI=1S/C28H30F3N5O3.C3H6/c29-28(30,31)25(37)17-36-13-10-22(11-14-36)39-21-7-4-18(5-8-21)26(33)23-15-19(6-9-24(23)32)27(38)35-16-20-3-1-2-12-34-20;1-2-3-1/h1-9,12,15,22,25,33,37H,10-11,13-14,16-17,32H2,(H,35,38);1-3H2. The van der Waals surface area contributed by atoms with E-state index in [1.807, 2.05) is 12.1 Å². The Morgan fingerprint density at radius 3 is 2.33 bits per heavy atom. The molecule has 224 valence electrons. The van der Waals surface area contributed by atoms with Crippen molar-refractivity contribution in [2.45, 2.75) is 57.0 Å². The maximum Gasteiger partial charge on any atom is 0.415 e. The largest absolute Gasteiger partial charge is 0.490 e. The maximum atomic E-state index is 12.7. The Morgan fingerprint density at radius 1 is 1.07 bits per heavy atom. The smallest absolute Gasteiger partial charge is 0.415 e. The summed E-state index contributed by atoms with van der Waals surface area (Å²) in [6, 6.07) is 17.1. The van der Waals surface area contributed by atoms with Crippen LogP contribution in [0.2, 0.25) is 0 Å². The minimum atomic E-state index is -4.62. The molecule has 1 atom stereocenters. The zero-order chi connectivity index (χ0) is 30.1. The molecular formula is C31H36F3N5O3. The number of β-amino-alcohol motifs (C(OH)–C–C–N with tert-alkyl or cyclic N) is 1. The number of carbonyl (C=O) groups is 1. The lowest BCUT2D eigenvalue weighted by Gasteiger charge is -2.33. The number of aromatic nitrogens is 1. The minimum Gasteiger partial charge on any atom is -0.490 e. The van der Waals surface area contributed by atoms with Crippen LogP contribution in [0.4, 0.5) is 18.9 Å². The van der Waals surface area contributed by atoms with Crippen LogP contribution in [0.1, 0.15) is 59.3 Å². The first-order valence-corrected chi connectivity index (χ1v) is 14.0. The fourth-order valence-electron chi connectivity index (χ4n) is 4.30. The van der Waals surface area contributed by atoms with Gasteiger partial charge in [0.25, 0.3) is 5.91 Å². The van der Waals surface area contributed by atoms with Crippen LogP contribution in [0.3, 0.4) is 0 Å². The Bertz CT molecular complexity index is 1320. The lowest BCUT2D eigenvalue weighted by molar-refractivity contribution is -0.208. The van der Waals surface area contributed by atoms with Crippen molar-refractivity contribution in [2.75, 3.05) is 25.4 Å². The van der Waals surface area contributed by atoms with Crippen molar-refractivity contribution < 1.29 is 27.8 Å². The summed E-state index contributed by atoms with van der Waals surface area (Å²) >= 11 is 0. The first kappa shape index (κ1) is 31.0. The highest BCUT2D eigenvalue weighted by Crippen LogP contribution is 2.25. The monoisotopic (exact) mass is 583 g/mol. The van der Waals surface area contributed by atoms with E-state index < -0.39 is 18.8 Å². The van der Waals surface area contributed by atoms with E-state index in [1.165, 1.54) is 19.3 Å². The number of rotatable bonds is 9. The van der Waals surface area contributed by atoms with Gasteiger partial charge < -0.3 is 25.8 Å². The van der Waals surface area contributed by atoms with Crippen LogP contribution in [0.5, 0.6) is 5.75 Å². The van der Waals surface area contributed by atoms with Gasteiger partial charge in [0.15, 0.2) is 6.10 Å². The van der Waals surface area contributed by atoms with E-state index in [9.17, 15) is 23.1 Å². The van der Waals surface area contributed by atoms with Crippen LogP contribution in [-0.4, -0.2) is 64.6 Å². The van der Waals surface area contributed by atoms with Crippen molar-refractivity contribution in [1.82, 2.24) is 15.2 Å². The lowest BCUT2D eigenvalue weighted by atomic mass is 9.98. The van der Waals surface area contributed by atoms with Crippen LogP contribution in [0.25, 0.3) is 0 Å². The molecule has 1 aliphatic carbocycles. The molecule has 1 saturated carbocycles. The number of nitrogen functional groups attached to an aromatic ring is 1. The van der Waals surface area contributed by atoms with E-state index in [4.69, 9.17) is 15.9 Å². The second kappa shape index (κ2) is 14.3. The number of nitrogens with two attached hydrogens (primary N) is 1. The number of anilines is 1. The van der Waals surface area contributed by atoms with Crippen molar-refractivity contribution in [3.8, 4) is 5.75 Å². The van der Waals surface area contributed by atoms with Gasteiger partial charge in [-0.3, -0.25) is 15.2 Å². The number of benzene rings is 2. The summed E-state index contributed by atoms with van der Waals surface area (Å²) in [5.74, 6) is 0.272. The number of pyridine rings is 1. The van der Waals surface area contributed by atoms with Gasteiger partial charge in [0, 0.05) is 48.2 Å². The van der Waals surface area contributed by atoms with Gasteiger partial charge in [0.05, 0.1) is 18.0 Å². The number of amides is 1. The summed E-state index contributed by atoms with van der Waals surface area (Å²) in [6.45, 7) is 0.618. The predicted octanol–water partition coefficient (Wildman–Crippen LogP) is 4.95. The minimum absolute atomic E-state index is 0.148. The molecule has 2 heterocycles. The number of hydrogen-bond donors (Lipinski definition) is 4. The zero-order valence-electron chi connectivity index (χ0n) is 23.2. The molecule has 1 amide bonds. The predicted molar refractivity (Wildman–Crippen MR) is 155 cm³/mol. The third-order valence-electron chi connectivity index (χ3n) is 6.88. The number of hydrogen-bond acceptors (Lipinski definition) is 7. The van der Waals surface area contributed by atoms with Gasteiger partial charge in [-0.05, 0) is 67.4 Å². The SMILES string of the molecule is C1CC1.N=C(c1ccc(OC2CCN(CC(O)C(F)(F)F)CC2)cc1)c1cc(C(=O)NCc2ccccn2)ccc1N. The van der Waals surface area contributed by atoms with Crippen LogP contribution in [0, 0.1) is 5.41 Å². The topological polar surface area (TPSA) is 125 Å². The quantitative estimate of drug-likeness (QED) is 0.209. The van der Waals surface area contributed by atoms with E-state index in [2.05, 4.69) is 10.3 Å². The molecule has 1 aliphatic heterocycles. The number of nitrogens with one attached hydrogen (secondary N) is 2. The van der Waals surface area contributed by atoms with E-state index in [1.54, 1.807) is 59.6 Å². The highest BCUT2D eigenvalue weighted by molar-refractivity contribution is 6.14. The van der Waals surface area contributed by atoms with Crippen LogP contribution in [-0.2, 0) is 6.54 Å².